The van der Waals surface area contributed by atoms with Crippen LogP contribution in [0.1, 0.15) is 19.0 Å². The van der Waals surface area contributed by atoms with Crippen molar-refractivity contribution in [1.82, 2.24) is 14.4 Å². The van der Waals surface area contributed by atoms with E-state index >= 15 is 0 Å². The van der Waals surface area contributed by atoms with E-state index in [0.29, 0.717) is 0 Å². The molecule has 1 aromatic carbocycles. The second-order valence-corrected chi connectivity index (χ2v) is 6.84. The maximum atomic E-state index is 5.20. The molecule has 0 aliphatic heterocycles. The number of benzene rings is 1. The molecule has 26 heavy (non-hydrogen) atoms. The predicted molar refractivity (Wildman–Crippen MR) is 107 cm³/mol. The van der Waals surface area contributed by atoms with E-state index in [0.717, 1.165) is 52.1 Å². The number of fused-ring (bicyclic) bond motifs is 1. The first-order valence-electron chi connectivity index (χ1n) is 8.61. The Morgan fingerprint density at radius 2 is 1.96 bits per heavy atom. The van der Waals surface area contributed by atoms with Gasteiger partial charge >= 0.3 is 0 Å². The first-order chi connectivity index (χ1) is 12.8. The van der Waals surface area contributed by atoms with Crippen molar-refractivity contribution in [2.24, 2.45) is 0 Å². The predicted octanol–water partition coefficient (Wildman–Crippen LogP) is 5.16. The Balaban J connectivity index is 1.67. The van der Waals surface area contributed by atoms with Gasteiger partial charge in [0, 0.05) is 17.3 Å². The fourth-order valence-electron chi connectivity index (χ4n) is 2.96. The number of aromatic nitrogens is 3. The van der Waals surface area contributed by atoms with Crippen molar-refractivity contribution in [2.45, 2.75) is 19.8 Å². The number of pyridine rings is 1. The van der Waals surface area contributed by atoms with Crippen molar-refractivity contribution in [3.63, 3.8) is 0 Å². The molecule has 0 radical (unpaired) electrons. The first kappa shape index (κ1) is 16.6. The molecule has 3 heterocycles. The van der Waals surface area contributed by atoms with Gasteiger partial charge in [0.15, 0.2) is 5.13 Å². The van der Waals surface area contributed by atoms with E-state index in [1.54, 1.807) is 18.4 Å². The van der Waals surface area contributed by atoms with Gasteiger partial charge in [-0.05, 0) is 42.8 Å². The number of anilines is 2. The molecule has 132 valence electrons. The number of rotatable bonds is 6. The Labute approximate surface area is 156 Å². The summed E-state index contributed by atoms with van der Waals surface area (Å²) >= 11 is 1.59. The topological polar surface area (TPSA) is 51.5 Å². The van der Waals surface area contributed by atoms with Gasteiger partial charge in [-0.15, -0.1) is 11.3 Å². The highest BCUT2D eigenvalue weighted by molar-refractivity contribution is 7.14. The zero-order valence-electron chi connectivity index (χ0n) is 14.8. The molecule has 0 saturated carbocycles. The fourth-order valence-corrected chi connectivity index (χ4v) is 3.68. The van der Waals surface area contributed by atoms with E-state index in [4.69, 9.17) is 14.7 Å². The number of thiazole rings is 1. The molecule has 0 fully saturated rings. The van der Waals surface area contributed by atoms with Crippen LogP contribution in [0.15, 0.2) is 54.0 Å². The van der Waals surface area contributed by atoms with Crippen LogP contribution in [0.5, 0.6) is 5.75 Å². The molecule has 0 atom stereocenters. The van der Waals surface area contributed by atoms with E-state index in [1.807, 2.05) is 48.7 Å². The number of aryl methyl sites for hydroxylation is 1. The van der Waals surface area contributed by atoms with Crippen LogP contribution in [0.2, 0.25) is 0 Å². The molecule has 0 aliphatic carbocycles. The summed E-state index contributed by atoms with van der Waals surface area (Å²) in [5.74, 6) is 0.838. The Morgan fingerprint density at radius 3 is 2.73 bits per heavy atom. The van der Waals surface area contributed by atoms with Crippen LogP contribution >= 0.6 is 11.3 Å². The highest BCUT2D eigenvalue weighted by Gasteiger charge is 2.16. The molecular weight excluding hydrogens is 344 g/mol. The van der Waals surface area contributed by atoms with Crippen LogP contribution in [-0.4, -0.2) is 21.5 Å². The van der Waals surface area contributed by atoms with Gasteiger partial charge in [0.05, 0.1) is 18.5 Å². The second-order valence-electron chi connectivity index (χ2n) is 5.98. The molecule has 0 bridgehead atoms. The molecule has 0 aliphatic rings. The number of nitrogens with zero attached hydrogens (tertiary/aromatic N) is 3. The van der Waals surface area contributed by atoms with Gasteiger partial charge < -0.3 is 10.1 Å². The highest BCUT2D eigenvalue weighted by Crippen LogP contribution is 2.31. The van der Waals surface area contributed by atoms with Crippen molar-refractivity contribution in [3.8, 4) is 17.1 Å². The maximum absolute atomic E-state index is 5.20. The number of imidazole rings is 1. The van der Waals surface area contributed by atoms with Crippen LogP contribution in [-0.2, 0) is 6.42 Å². The standard InChI is InChI=1S/C20H20N4OS/c1-3-6-16-19(24-12-5-4-7-18(24)22-16)17-13-26-20(23-17)21-14-8-10-15(25-2)11-9-14/h4-5,7-13H,3,6H2,1-2H3,(H,21,23). The molecule has 0 spiro atoms. The van der Waals surface area contributed by atoms with E-state index in [9.17, 15) is 0 Å². The molecule has 6 heteroatoms. The highest BCUT2D eigenvalue weighted by atomic mass is 32.1. The summed E-state index contributed by atoms with van der Waals surface area (Å²) in [7, 11) is 1.67. The van der Waals surface area contributed by atoms with Gasteiger partial charge in [0.2, 0.25) is 0 Å². The molecule has 0 amide bonds. The molecule has 5 nitrogen and oxygen atoms in total. The normalized spacial score (nSPS) is 11.0. The van der Waals surface area contributed by atoms with Crippen molar-refractivity contribution >= 4 is 27.8 Å². The Kier molecular flexibility index (Phi) is 4.58. The van der Waals surface area contributed by atoms with Crippen LogP contribution in [0, 0.1) is 0 Å². The van der Waals surface area contributed by atoms with Crippen LogP contribution in [0.4, 0.5) is 10.8 Å². The van der Waals surface area contributed by atoms with E-state index in [-0.39, 0.29) is 0 Å². The van der Waals surface area contributed by atoms with Crippen molar-refractivity contribution in [2.75, 3.05) is 12.4 Å². The molecule has 0 saturated heterocycles. The zero-order valence-corrected chi connectivity index (χ0v) is 15.6. The third-order valence-electron chi connectivity index (χ3n) is 4.18. The van der Waals surface area contributed by atoms with Gasteiger partial charge in [0.1, 0.15) is 17.1 Å². The van der Waals surface area contributed by atoms with Gasteiger partial charge in [0.25, 0.3) is 0 Å². The minimum atomic E-state index is 0.838. The summed E-state index contributed by atoms with van der Waals surface area (Å²) < 4.78 is 7.32. The van der Waals surface area contributed by atoms with Crippen molar-refractivity contribution < 1.29 is 4.74 Å². The Hall–Kier alpha value is -2.86. The van der Waals surface area contributed by atoms with Gasteiger partial charge in [-0.25, -0.2) is 9.97 Å². The molecule has 0 unspecified atom stereocenters. The third kappa shape index (κ3) is 3.15. The number of hydrogen-bond acceptors (Lipinski definition) is 5. The lowest BCUT2D eigenvalue weighted by atomic mass is 10.2. The van der Waals surface area contributed by atoms with E-state index in [2.05, 4.69) is 22.0 Å². The molecule has 1 N–H and O–H groups in total. The van der Waals surface area contributed by atoms with Gasteiger partial charge in [-0.2, -0.15) is 0 Å². The maximum Gasteiger partial charge on any atom is 0.187 e. The van der Waals surface area contributed by atoms with Gasteiger partial charge in [-0.1, -0.05) is 19.4 Å². The van der Waals surface area contributed by atoms with Crippen LogP contribution in [0.3, 0.4) is 0 Å². The van der Waals surface area contributed by atoms with E-state index in [1.165, 1.54) is 0 Å². The largest absolute Gasteiger partial charge is 0.497 e. The number of methoxy groups -OCH3 is 1. The van der Waals surface area contributed by atoms with Crippen molar-refractivity contribution in [3.05, 3.63) is 59.7 Å². The smallest absolute Gasteiger partial charge is 0.187 e. The Bertz CT molecular complexity index is 1020. The summed E-state index contributed by atoms with van der Waals surface area (Å²) in [5, 5.41) is 6.30. The average molecular weight is 364 g/mol. The molecule has 3 aromatic heterocycles. The molecule has 4 rings (SSSR count). The first-order valence-corrected chi connectivity index (χ1v) is 9.49. The minimum absolute atomic E-state index is 0.838. The zero-order chi connectivity index (χ0) is 17.9. The average Bonchev–Trinajstić information content (AvgIpc) is 3.26. The van der Waals surface area contributed by atoms with E-state index < -0.39 is 0 Å². The number of hydrogen-bond donors (Lipinski definition) is 1. The minimum Gasteiger partial charge on any atom is -0.497 e. The monoisotopic (exact) mass is 364 g/mol. The SMILES string of the molecule is CCCc1nc2ccccn2c1-c1csc(Nc2ccc(OC)cc2)n1. The summed E-state index contributed by atoms with van der Waals surface area (Å²) in [6.45, 7) is 2.17. The summed E-state index contributed by atoms with van der Waals surface area (Å²) in [6.07, 6.45) is 4.04. The second kappa shape index (κ2) is 7.17. The van der Waals surface area contributed by atoms with Crippen molar-refractivity contribution in [1.29, 1.82) is 0 Å². The van der Waals surface area contributed by atoms with Gasteiger partial charge in [-0.3, -0.25) is 4.40 Å². The fraction of sp³-hybridized carbons (Fsp3) is 0.200. The lowest BCUT2D eigenvalue weighted by molar-refractivity contribution is 0.415. The summed E-state index contributed by atoms with van der Waals surface area (Å²) in [5.41, 5.74) is 5.08. The Morgan fingerprint density at radius 1 is 1.12 bits per heavy atom. The third-order valence-corrected chi connectivity index (χ3v) is 4.93. The lowest BCUT2D eigenvalue weighted by Crippen LogP contribution is -1.93. The summed E-state index contributed by atoms with van der Waals surface area (Å²) in [6, 6.07) is 13.9. The van der Waals surface area contributed by atoms with Crippen LogP contribution in [0.25, 0.3) is 17.0 Å². The number of ether oxygens (including phenoxy) is 1. The van der Waals surface area contributed by atoms with Crippen LogP contribution < -0.4 is 10.1 Å². The lowest BCUT2D eigenvalue weighted by Gasteiger charge is -2.04. The molecule has 4 aromatic rings. The molecular formula is C20H20N4OS. The quantitative estimate of drug-likeness (QED) is 0.513. The summed E-state index contributed by atoms with van der Waals surface area (Å²) in [4.78, 5) is 9.58. The number of nitrogens with one attached hydrogen (secondary N) is 1.